The minimum absolute atomic E-state index is 0.147. The second-order valence-corrected chi connectivity index (χ2v) is 9.58. The maximum atomic E-state index is 12.9. The summed E-state index contributed by atoms with van der Waals surface area (Å²) in [7, 11) is 0. The standard InChI is InChI=1S/C30H41NO4/c1-5-8-17-27-28(24-16-12-13-18-26(24)35-27)25(21-23-14-10-9-11-15-23)30(4,29(32)33)22-34-20-19-31(6-2)7-3/h9-16,18,25H,5-8,17,19-22H2,1-4H3,(H,32,33). The zero-order chi connectivity index (χ0) is 25.3. The zero-order valence-electron chi connectivity index (χ0n) is 21.8. The highest BCUT2D eigenvalue weighted by Crippen LogP contribution is 2.45. The molecule has 5 nitrogen and oxygen atoms in total. The Morgan fingerprint density at radius 1 is 1.06 bits per heavy atom. The van der Waals surface area contributed by atoms with Gasteiger partial charge in [0.05, 0.1) is 18.6 Å². The maximum absolute atomic E-state index is 12.9. The van der Waals surface area contributed by atoms with Gasteiger partial charge in [-0.1, -0.05) is 75.7 Å². The van der Waals surface area contributed by atoms with Gasteiger partial charge in [0.1, 0.15) is 11.3 Å². The first kappa shape index (κ1) is 27.0. The number of rotatable bonds is 15. The summed E-state index contributed by atoms with van der Waals surface area (Å²) in [6.45, 7) is 11.6. The predicted octanol–water partition coefficient (Wildman–Crippen LogP) is 6.55. The summed E-state index contributed by atoms with van der Waals surface area (Å²) >= 11 is 0. The minimum atomic E-state index is -1.12. The fraction of sp³-hybridized carbons (Fsp3) is 0.500. The number of para-hydroxylation sites is 1. The molecule has 0 amide bonds. The number of aryl methyl sites for hydroxylation is 1. The maximum Gasteiger partial charge on any atom is 0.312 e. The predicted molar refractivity (Wildman–Crippen MR) is 142 cm³/mol. The van der Waals surface area contributed by atoms with Crippen molar-refractivity contribution in [3.05, 3.63) is 71.5 Å². The first-order chi connectivity index (χ1) is 16.9. The Morgan fingerprint density at radius 3 is 2.40 bits per heavy atom. The number of benzene rings is 2. The van der Waals surface area contributed by atoms with E-state index in [4.69, 9.17) is 9.15 Å². The van der Waals surface area contributed by atoms with Crippen LogP contribution in [-0.2, 0) is 22.4 Å². The van der Waals surface area contributed by atoms with Crippen molar-refractivity contribution in [1.82, 2.24) is 4.90 Å². The summed E-state index contributed by atoms with van der Waals surface area (Å²) in [5, 5.41) is 11.6. The van der Waals surface area contributed by atoms with Crippen LogP contribution in [0.3, 0.4) is 0 Å². The molecule has 0 bridgehead atoms. The number of carboxylic acids is 1. The van der Waals surface area contributed by atoms with E-state index in [0.29, 0.717) is 13.0 Å². The molecule has 2 unspecified atom stereocenters. The molecule has 0 radical (unpaired) electrons. The van der Waals surface area contributed by atoms with Crippen molar-refractivity contribution < 1.29 is 19.1 Å². The van der Waals surface area contributed by atoms with E-state index in [1.807, 2.05) is 43.3 Å². The Morgan fingerprint density at radius 2 is 1.74 bits per heavy atom. The van der Waals surface area contributed by atoms with Crippen molar-refractivity contribution in [3.8, 4) is 0 Å². The molecular formula is C30H41NO4. The highest BCUT2D eigenvalue weighted by atomic mass is 16.5. The molecule has 3 aromatic rings. The fourth-order valence-corrected chi connectivity index (χ4v) is 4.85. The van der Waals surface area contributed by atoms with Crippen LogP contribution in [-0.4, -0.2) is 48.8 Å². The molecule has 0 aliphatic rings. The van der Waals surface area contributed by atoms with Gasteiger partial charge >= 0.3 is 5.97 Å². The third-order valence-electron chi connectivity index (χ3n) is 7.21. The molecule has 1 aromatic heterocycles. The number of aliphatic carboxylic acids is 1. The van der Waals surface area contributed by atoms with E-state index in [0.717, 1.165) is 66.8 Å². The van der Waals surface area contributed by atoms with Gasteiger partial charge in [0, 0.05) is 29.8 Å². The van der Waals surface area contributed by atoms with Crippen molar-refractivity contribution in [2.45, 2.75) is 59.3 Å². The molecule has 0 aliphatic heterocycles. The van der Waals surface area contributed by atoms with Gasteiger partial charge in [-0.05, 0) is 44.5 Å². The van der Waals surface area contributed by atoms with Gasteiger partial charge in [-0.15, -0.1) is 0 Å². The van der Waals surface area contributed by atoms with Crippen LogP contribution in [0.1, 0.15) is 63.3 Å². The summed E-state index contributed by atoms with van der Waals surface area (Å²) in [4.78, 5) is 15.2. The van der Waals surface area contributed by atoms with E-state index >= 15 is 0 Å². The SMILES string of the molecule is CCCCc1oc2ccccc2c1C(Cc1ccccc1)C(C)(COCCN(CC)CC)C(=O)O. The number of hydrogen-bond donors (Lipinski definition) is 1. The van der Waals surface area contributed by atoms with Crippen LogP contribution < -0.4 is 0 Å². The summed E-state index contributed by atoms with van der Waals surface area (Å²) in [5.74, 6) is -0.232. The van der Waals surface area contributed by atoms with E-state index in [1.165, 1.54) is 0 Å². The van der Waals surface area contributed by atoms with E-state index < -0.39 is 11.4 Å². The topological polar surface area (TPSA) is 62.9 Å². The Hall–Kier alpha value is -2.63. The molecule has 5 heteroatoms. The smallest absolute Gasteiger partial charge is 0.312 e. The number of hydrogen-bond acceptors (Lipinski definition) is 4. The monoisotopic (exact) mass is 479 g/mol. The number of carbonyl (C=O) groups is 1. The summed E-state index contributed by atoms with van der Waals surface area (Å²) in [6.07, 6.45) is 3.44. The quantitative estimate of drug-likeness (QED) is 0.250. The highest BCUT2D eigenvalue weighted by molar-refractivity contribution is 5.85. The van der Waals surface area contributed by atoms with Gasteiger partial charge in [0.25, 0.3) is 0 Å². The fourth-order valence-electron chi connectivity index (χ4n) is 4.85. The molecule has 35 heavy (non-hydrogen) atoms. The molecule has 190 valence electrons. The van der Waals surface area contributed by atoms with E-state index in [-0.39, 0.29) is 12.5 Å². The molecule has 2 atom stereocenters. The van der Waals surface area contributed by atoms with Crippen molar-refractivity contribution in [2.75, 3.05) is 32.8 Å². The summed E-state index contributed by atoms with van der Waals surface area (Å²) in [6, 6.07) is 18.2. The molecule has 0 saturated heterocycles. The lowest BCUT2D eigenvalue weighted by Gasteiger charge is -2.35. The van der Waals surface area contributed by atoms with Crippen LogP contribution >= 0.6 is 0 Å². The van der Waals surface area contributed by atoms with Crippen LogP contribution in [0, 0.1) is 5.41 Å². The molecule has 0 fully saturated rings. The second kappa shape index (κ2) is 12.9. The van der Waals surface area contributed by atoms with Crippen LogP contribution in [0.5, 0.6) is 0 Å². The van der Waals surface area contributed by atoms with E-state index in [1.54, 1.807) is 0 Å². The van der Waals surface area contributed by atoms with Crippen LogP contribution in [0.2, 0.25) is 0 Å². The molecule has 0 spiro atoms. The van der Waals surface area contributed by atoms with Crippen LogP contribution in [0.25, 0.3) is 11.0 Å². The highest BCUT2D eigenvalue weighted by Gasteiger charge is 2.45. The number of nitrogens with zero attached hydrogens (tertiary/aromatic N) is 1. The third kappa shape index (κ3) is 6.53. The Balaban J connectivity index is 2.04. The van der Waals surface area contributed by atoms with Crippen molar-refractivity contribution in [1.29, 1.82) is 0 Å². The lowest BCUT2D eigenvalue weighted by Crippen LogP contribution is -2.41. The van der Waals surface area contributed by atoms with Crippen molar-refractivity contribution >= 4 is 16.9 Å². The van der Waals surface area contributed by atoms with Crippen LogP contribution in [0.15, 0.2) is 59.0 Å². The number of unbranched alkanes of at least 4 members (excludes halogenated alkanes) is 1. The number of ether oxygens (including phenoxy) is 1. The number of furan rings is 1. The molecule has 0 aliphatic carbocycles. The van der Waals surface area contributed by atoms with Gasteiger partial charge in [-0.2, -0.15) is 0 Å². The molecule has 1 heterocycles. The summed E-state index contributed by atoms with van der Waals surface area (Å²) in [5.41, 5.74) is 1.84. The van der Waals surface area contributed by atoms with E-state index in [2.05, 4.69) is 43.9 Å². The zero-order valence-corrected chi connectivity index (χ0v) is 21.8. The first-order valence-electron chi connectivity index (χ1n) is 13.0. The van der Waals surface area contributed by atoms with Crippen molar-refractivity contribution in [3.63, 3.8) is 0 Å². The van der Waals surface area contributed by atoms with Gasteiger partial charge < -0.3 is 19.2 Å². The Bertz CT molecular complexity index is 1060. The largest absolute Gasteiger partial charge is 0.481 e. The summed E-state index contributed by atoms with van der Waals surface area (Å²) < 4.78 is 12.4. The van der Waals surface area contributed by atoms with Crippen LogP contribution in [0.4, 0.5) is 0 Å². The van der Waals surface area contributed by atoms with Gasteiger partial charge in [0.15, 0.2) is 0 Å². The van der Waals surface area contributed by atoms with Gasteiger partial charge in [-0.3, -0.25) is 4.79 Å². The minimum Gasteiger partial charge on any atom is -0.481 e. The average Bonchev–Trinajstić information content (AvgIpc) is 3.24. The molecule has 2 aromatic carbocycles. The molecule has 3 rings (SSSR count). The van der Waals surface area contributed by atoms with Gasteiger partial charge in [0.2, 0.25) is 0 Å². The molecular weight excluding hydrogens is 438 g/mol. The molecule has 1 N–H and O–H groups in total. The molecule has 0 saturated carbocycles. The van der Waals surface area contributed by atoms with Crippen molar-refractivity contribution in [2.24, 2.45) is 5.41 Å². The average molecular weight is 480 g/mol. The normalized spacial score (nSPS) is 14.3. The Labute approximate surface area is 210 Å². The number of carboxylic acid groups (broad SMARTS) is 1. The number of likely N-dealkylation sites (N-methyl/N-ethyl adjacent to an activating group) is 1. The number of fused-ring (bicyclic) bond motifs is 1. The van der Waals surface area contributed by atoms with E-state index in [9.17, 15) is 9.90 Å². The lowest BCUT2D eigenvalue weighted by molar-refractivity contribution is -0.153. The second-order valence-electron chi connectivity index (χ2n) is 9.58. The van der Waals surface area contributed by atoms with Gasteiger partial charge in [-0.25, -0.2) is 0 Å². The first-order valence-corrected chi connectivity index (χ1v) is 13.0. The third-order valence-corrected chi connectivity index (χ3v) is 7.21. The Kier molecular flexibility index (Phi) is 9.93. The lowest BCUT2D eigenvalue weighted by atomic mass is 9.70.